The molecule has 0 aromatic heterocycles. The Morgan fingerprint density at radius 3 is 2.60 bits per heavy atom. The van der Waals surface area contributed by atoms with Crippen molar-refractivity contribution in [2.24, 2.45) is 0 Å². The second-order valence-corrected chi connectivity index (χ2v) is 4.99. The standard InChI is InChI=1S/C10H12N2O2S/c1-8-3-4-10(9(2)7-8)15(13,14)12-6-5-11/h3-4,7,12H,6H2,1-2H3. The van der Waals surface area contributed by atoms with E-state index in [1.165, 1.54) is 0 Å². The number of rotatable bonds is 3. The highest BCUT2D eigenvalue weighted by molar-refractivity contribution is 7.89. The molecule has 0 atom stereocenters. The number of benzene rings is 1. The Labute approximate surface area is 89.6 Å². The fourth-order valence-electron chi connectivity index (χ4n) is 1.31. The quantitative estimate of drug-likeness (QED) is 0.782. The molecule has 0 aliphatic heterocycles. The average molecular weight is 224 g/mol. The zero-order chi connectivity index (χ0) is 11.5. The second-order valence-electron chi connectivity index (χ2n) is 3.25. The lowest BCUT2D eigenvalue weighted by atomic mass is 10.2. The van der Waals surface area contributed by atoms with Gasteiger partial charge in [0.15, 0.2) is 0 Å². The minimum atomic E-state index is -3.54. The van der Waals surface area contributed by atoms with Crippen LogP contribution < -0.4 is 4.72 Å². The molecular formula is C10H12N2O2S. The molecule has 4 nitrogen and oxygen atoms in total. The Morgan fingerprint density at radius 1 is 1.40 bits per heavy atom. The van der Waals surface area contributed by atoms with Crippen LogP contribution in [0.5, 0.6) is 0 Å². The molecule has 15 heavy (non-hydrogen) atoms. The lowest BCUT2D eigenvalue weighted by Crippen LogP contribution is -2.24. The minimum Gasteiger partial charge on any atom is -0.207 e. The van der Waals surface area contributed by atoms with Crippen molar-refractivity contribution in [3.8, 4) is 6.07 Å². The zero-order valence-electron chi connectivity index (χ0n) is 8.61. The van der Waals surface area contributed by atoms with E-state index in [1.807, 2.05) is 6.92 Å². The number of nitrogens with zero attached hydrogens (tertiary/aromatic N) is 1. The zero-order valence-corrected chi connectivity index (χ0v) is 9.43. The van der Waals surface area contributed by atoms with Gasteiger partial charge in [0.05, 0.1) is 17.5 Å². The fourth-order valence-corrected chi connectivity index (χ4v) is 2.45. The summed E-state index contributed by atoms with van der Waals surface area (Å²) in [6.07, 6.45) is 0. The van der Waals surface area contributed by atoms with E-state index in [1.54, 1.807) is 31.2 Å². The highest BCUT2D eigenvalue weighted by atomic mass is 32.2. The van der Waals surface area contributed by atoms with Gasteiger partial charge in [-0.1, -0.05) is 17.7 Å². The predicted octanol–water partition coefficient (Wildman–Crippen LogP) is 1.11. The Bertz CT molecular complexity index is 501. The van der Waals surface area contributed by atoms with Crippen LogP contribution in [-0.2, 0) is 10.0 Å². The average Bonchev–Trinajstić information content (AvgIpc) is 2.14. The summed E-state index contributed by atoms with van der Waals surface area (Å²) in [5, 5.41) is 8.31. The third kappa shape index (κ3) is 2.78. The van der Waals surface area contributed by atoms with Crippen molar-refractivity contribution in [3.63, 3.8) is 0 Å². The molecule has 0 heterocycles. The molecule has 0 amide bonds. The van der Waals surface area contributed by atoms with Gasteiger partial charge in [-0.3, -0.25) is 0 Å². The normalized spacial score (nSPS) is 11.0. The van der Waals surface area contributed by atoms with Crippen LogP contribution in [0.15, 0.2) is 23.1 Å². The maximum absolute atomic E-state index is 11.7. The largest absolute Gasteiger partial charge is 0.241 e. The first kappa shape index (κ1) is 11.7. The van der Waals surface area contributed by atoms with E-state index in [0.717, 1.165) is 5.56 Å². The summed E-state index contributed by atoms with van der Waals surface area (Å²) >= 11 is 0. The Kier molecular flexibility index (Phi) is 3.45. The first-order valence-electron chi connectivity index (χ1n) is 4.41. The van der Waals surface area contributed by atoms with Crippen LogP contribution in [0.25, 0.3) is 0 Å². The third-order valence-corrected chi connectivity index (χ3v) is 3.52. The van der Waals surface area contributed by atoms with Crippen molar-refractivity contribution in [3.05, 3.63) is 29.3 Å². The minimum absolute atomic E-state index is 0.213. The second kappa shape index (κ2) is 4.43. The molecule has 0 spiro atoms. The van der Waals surface area contributed by atoms with Crippen LogP contribution in [0.3, 0.4) is 0 Å². The van der Waals surface area contributed by atoms with Gasteiger partial charge in [0.1, 0.15) is 0 Å². The van der Waals surface area contributed by atoms with Crippen molar-refractivity contribution in [1.29, 1.82) is 5.26 Å². The number of aryl methyl sites for hydroxylation is 2. The molecule has 80 valence electrons. The van der Waals surface area contributed by atoms with Gasteiger partial charge in [-0.2, -0.15) is 9.98 Å². The van der Waals surface area contributed by atoms with E-state index in [-0.39, 0.29) is 11.4 Å². The highest BCUT2D eigenvalue weighted by Crippen LogP contribution is 2.15. The van der Waals surface area contributed by atoms with Crippen molar-refractivity contribution in [2.45, 2.75) is 18.7 Å². The van der Waals surface area contributed by atoms with Crippen LogP contribution in [0.1, 0.15) is 11.1 Å². The Hall–Kier alpha value is -1.38. The summed E-state index contributed by atoms with van der Waals surface area (Å²) in [7, 11) is -3.54. The summed E-state index contributed by atoms with van der Waals surface area (Å²) in [5.41, 5.74) is 1.69. The van der Waals surface area contributed by atoms with Gasteiger partial charge in [-0.15, -0.1) is 0 Å². The van der Waals surface area contributed by atoms with Crippen molar-refractivity contribution >= 4 is 10.0 Å². The lowest BCUT2D eigenvalue weighted by Gasteiger charge is -2.07. The number of hydrogen-bond acceptors (Lipinski definition) is 3. The van der Waals surface area contributed by atoms with Crippen LogP contribution in [-0.4, -0.2) is 15.0 Å². The van der Waals surface area contributed by atoms with Gasteiger partial charge in [-0.25, -0.2) is 8.42 Å². The molecule has 1 aromatic rings. The molecule has 1 aromatic carbocycles. The first-order chi connectivity index (χ1) is 6.97. The van der Waals surface area contributed by atoms with Gasteiger partial charge in [0.25, 0.3) is 0 Å². The van der Waals surface area contributed by atoms with E-state index in [9.17, 15) is 8.42 Å². The maximum atomic E-state index is 11.7. The molecule has 0 aliphatic rings. The van der Waals surface area contributed by atoms with Crippen LogP contribution in [0.4, 0.5) is 0 Å². The summed E-state index contributed by atoms with van der Waals surface area (Å²) in [6, 6.07) is 6.80. The molecule has 1 N–H and O–H groups in total. The Balaban J connectivity index is 3.12. The first-order valence-corrected chi connectivity index (χ1v) is 5.89. The molecule has 1 rings (SSSR count). The molecule has 0 fully saturated rings. The van der Waals surface area contributed by atoms with Crippen LogP contribution in [0.2, 0.25) is 0 Å². The molecule has 0 aliphatic carbocycles. The van der Waals surface area contributed by atoms with E-state index >= 15 is 0 Å². The van der Waals surface area contributed by atoms with Crippen molar-refractivity contribution in [2.75, 3.05) is 6.54 Å². The maximum Gasteiger partial charge on any atom is 0.241 e. The van der Waals surface area contributed by atoms with E-state index in [2.05, 4.69) is 4.72 Å². The van der Waals surface area contributed by atoms with Crippen molar-refractivity contribution < 1.29 is 8.42 Å². The number of sulfonamides is 1. The summed E-state index contributed by atoms with van der Waals surface area (Å²) in [5.74, 6) is 0. The fraction of sp³-hybridized carbons (Fsp3) is 0.300. The van der Waals surface area contributed by atoms with Gasteiger partial charge in [0, 0.05) is 0 Å². The lowest BCUT2D eigenvalue weighted by molar-refractivity contribution is 0.585. The van der Waals surface area contributed by atoms with Crippen molar-refractivity contribution in [1.82, 2.24) is 4.72 Å². The monoisotopic (exact) mass is 224 g/mol. The van der Waals surface area contributed by atoms with Crippen LogP contribution >= 0.6 is 0 Å². The van der Waals surface area contributed by atoms with Crippen LogP contribution in [0, 0.1) is 25.2 Å². The van der Waals surface area contributed by atoms with Gasteiger partial charge >= 0.3 is 0 Å². The molecule has 5 heteroatoms. The van der Waals surface area contributed by atoms with Gasteiger partial charge in [0.2, 0.25) is 10.0 Å². The SMILES string of the molecule is Cc1ccc(S(=O)(=O)NCC#N)c(C)c1. The summed E-state index contributed by atoms with van der Waals surface area (Å²) in [4.78, 5) is 0.225. The molecule has 0 bridgehead atoms. The Morgan fingerprint density at radius 2 is 2.07 bits per heavy atom. The molecule has 0 saturated heterocycles. The van der Waals surface area contributed by atoms with Gasteiger partial charge in [-0.05, 0) is 25.5 Å². The van der Waals surface area contributed by atoms with Gasteiger partial charge < -0.3 is 0 Å². The molecule has 0 saturated carbocycles. The smallest absolute Gasteiger partial charge is 0.207 e. The molecule has 0 radical (unpaired) electrons. The highest BCUT2D eigenvalue weighted by Gasteiger charge is 2.15. The number of nitrogens with one attached hydrogen (secondary N) is 1. The number of hydrogen-bond donors (Lipinski definition) is 1. The number of nitriles is 1. The van der Waals surface area contributed by atoms with E-state index in [4.69, 9.17) is 5.26 Å². The summed E-state index contributed by atoms with van der Waals surface area (Å²) in [6.45, 7) is 3.41. The molecular weight excluding hydrogens is 212 g/mol. The molecule has 0 unspecified atom stereocenters. The summed E-state index contributed by atoms with van der Waals surface area (Å²) < 4.78 is 25.5. The third-order valence-electron chi connectivity index (χ3n) is 1.96. The van der Waals surface area contributed by atoms with E-state index in [0.29, 0.717) is 5.56 Å². The predicted molar refractivity (Wildman–Crippen MR) is 56.7 cm³/mol. The topological polar surface area (TPSA) is 70.0 Å². The van der Waals surface area contributed by atoms with E-state index < -0.39 is 10.0 Å².